The van der Waals surface area contributed by atoms with Crippen molar-refractivity contribution < 1.29 is 14.3 Å². The van der Waals surface area contributed by atoms with Gasteiger partial charge in [-0.3, -0.25) is 9.59 Å². The van der Waals surface area contributed by atoms with Crippen LogP contribution >= 0.6 is 11.3 Å². The van der Waals surface area contributed by atoms with Gasteiger partial charge < -0.3 is 9.64 Å². The summed E-state index contributed by atoms with van der Waals surface area (Å²) in [6.07, 6.45) is 4.55. The second kappa shape index (κ2) is 9.89. The zero-order chi connectivity index (χ0) is 21.7. The highest BCUT2D eigenvalue weighted by molar-refractivity contribution is 7.14. The molecule has 1 aliphatic rings. The van der Waals surface area contributed by atoms with Gasteiger partial charge >= 0.3 is 0 Å². The maximum Gasteiger partial charge on any atom is 0.281 e. The van der Waals surface area contributed by atoms with Crippen molar-refractivity contribution in [3.05, 3.63) is 51.2 Å². The van der Waals surface area contributed by atoms with Crippen LogP contribution in [0.15, 0.2) is 35.4 Å². The van der Waals surface area contributed by atoms with Gasteiger partial charge in [0.25, 0.3) is 11.8 Å². The van der Waals surface area contributed by atoms with E-state index in [1.165, 1.54) is 28.2 Å². The standard InChI is InChI=1S/C23H29N3O3S/c1-5-16-6-11-20-18(12-16)13-21(30-20)23(28)25-24-15(2)17-7-9-19(10-8-17)29-14-22(27)26(3)4/h7-10,13,16H,5-6,11-12,14H2,1-4H3,(H,25,28)/b24-15+. The first kappa shape index (κ1) is 22.0. The van der Waals surface area contributed by atoms with E-state index in [0.717, 1.165) is 29.2 Å². The van der Waals surface area contributed by atoms with Crippen LogP contribution in [-0.2, 0) is 17.6 Å². The summed E-state index contributed by atoms with van der Waals surface area (Å²) in [6, 6.07) is 9.32. The van der Waals surface area contributed by atoms with Crippen molar-refractivity contribution >= 4 is 28.9 Å². The molecule has 2 aromatic rings. The Morgan fingerprint density at radius 3 is 2.67 bits per heavy atom. The number of benzene rings is 1. The number of likely N-dealkylation sites (N-methyl/N-ethyl adjacent to an activating group) is 1. The van der Waals surface area contributed by atoms with Crippen LogP contribution in [0, 0.1) is 5.92 Å². The third-order valence-corrected chi connectivity index (χ3v) is 6.68. The Hall–Kier alpha value is -2.67. The van der Waals surface area contributed by atoms with Crippen molar-refractivity contribution in [2.75, 3.05) is 20.7 Å². The summed E-state index contributed by atoms with van der Waals surface area (Å²) >= 11 is 1.59. The number of thiophene rings is 1. The van der Waals surface area contributed by atoms with Gasteiger partial charge in [0, 0.05) is 19.0 Å². The number of rotatable bonds is 7. The molecular weight excluding hydrogens is 398 g/mol. The molecule has 1 atom stereocenters. The largest absolute Gasteiger partial charge is 0.484 e. The van der Waals surface area contributed by atoms with Gasteiger partial charge in [-0.05, 0) is 73.6 Å². The van der Waals surface area contributed by atoms with Crippen molar-refractivity contribution in [3.8, 4) is 5.75 Å². The Labute approximate surface area is 181 Å². The molecule has 30 heavy (non-hydrogen) atoms. The quantitative estimate of drug-likeness (QED) is 0.538. The summed E-state index contributed by atoms with van der Waals surface area (Å²) in [4.78, 5) is 27.7. The summed E-state index contributed by atoms with van der Waals surface area (Å²) in [5.41, 5.74) is 5.58. The monoisotopic (exact) mass is 427 g/mol. The average Bonchev–Trinajstić information content (AvgIpc) is 3.19. The Kier molecular flexibility index (Phi) is 7.26. The molecule has 0 fully saturated rings. The topological polar surface area (TPSA) is 71.0 Å². The summed E-state index contributed by atoms with van der Waals surface area (Å²) in [7, 11) is 3.38. The fourth-order valence-electron chi connectivity index (χ4n) is 3.38. The summed E-state index contributed by atoms with van der Waals surface area (Å²) in [6.45, 7) is 4.07. The molecule has 2 amide bonds. The summed E-state index contributed by atoms with van der Waals surface area (Å²) in [5.74, 6) is 1.08. The van der Waals surface area contributed by atoms with E-state index in [2.05, 4.69) is 17.5 Å². The normalized spacial score (nSPS) is 16.0. The summed E-state index contributed by atoms with van der Waals surface area (Å²) < 4.78 is 5.48. The number of carbonyl (C=O) groups excluding carboxylic acids is 2. The number of hydrogen-bond donors (Lipinski definition) is 1. The number of nitrogens with one attached hydrogen (secondary N) is 1. The lowest BCUT2D eigenvalue weighted by molar-refractivity contribution is -0.130. The minimum atomic E-state index is -0.163. The first-order valence-electron chi connectivity index (χ1n) is 10.3. The van der Waals surface area contributed by atoms with Crippen molar-refractivity contribution in [1.29, 1.82) is 0 Å². The van der Waals surface area contributed by atoms with Crippen LogP contribution in [-0.4, -0.2) is 43.1 Å². The molecule has 1 aromatic carbocycles. The lowest BCUT2D eigenvalue weighted by atomic mass is 9.87. The minimum Gasteiger partial charge on any atom is -0.484 e. The smallest absolute Gasteiger partial charge is 0.281 e. The molecule has 3 rings (SSSR count). The Morgan fingerprint density at radius 2 is 2.00 bits per heavy atom. The maximum absolute atomic E-state index is 12.5. The van der Waals surface area contributed by atoms with E-state index in [1.54, 1.807) is 37.6 Å². The Balaban J connectivity index is 1.57. The molecule has 0 aliphatic heterocycles. The van der Waals surface area contributed by atoms with E-state index in [0.29, 0.717) is 11.5 Å². The fraction of sp³-hybridized carbons (Fsp3) is 0.435. The molecular formula is C23H29N3O3S. The number of hydrazone groups is 1. The molecule has 160 valence electrons. The number of hydrogen-bond acceptors (Lipinski definition) is 5. The van der Waals surface area contributed by atoms with Gasteiger partial charge in [0.2, 0.25) is 0 Å². The van der Waals surface area contributed by atoms with Gasteiger partial charge in [-0.2, -0.15) is 5.10 Å². The van der Waals surface area contributed by atoms with Crippen molar-refractivity contribution in [3.63, 3.8) is 0 Å². The van der Waals surface area contributed by atoms with E-state index < -0.39 is 0 Å². The predicted octanol–water partition coefficient (Wildman–Crippen LogP) is 3.88. The Morgan fingerprint density at radius 1 is 1.27 bits per heavy atom. The number of ether oxygens (including phenoxy) is 1. The highest BCUT2D eigenvalue weighted by atomic mass is 32.1. The summed E-state index contributed by atoms with van der Waals surface area (Å²) in [5, 5.41) is 4.26. The molecule has 0 saturated carbocycles. The number of carbonyl (C=O) groups is 2. The van der Waals surface area contributed by atoms with Crippen LogP contribution in [0.3, 0.4) is 0 Å². The van der Waals surface area contributed by atoms with E-state index in [9.17, 15) is 9.59 Å². The molecule has 1 N–H and O–H groups in total. The van der Waals surface area contributed by atoms with Gasteiger partial charge in [-0.1, -0.05) is 13.3 Å². The third kappa shape index (κ3) is 5.48. The lowest BCUT2D eigenvalue weighted by Crippen LogP contribution is -2.27. The zero-order valence-corrected chi connectivity index (χ0v) is 18.8. The van der Waals surface area contributed by atoms with E-state index >= 15 is 0 Å². The van der Waals surface area contributed by atoms with E-state index in [-0.39, 0.29) is 18.4 Å². The molecule has 0 radical (unpaired) electrons. The molecule has 0 spiro atoms. The first-order valence-corrected chi connectivity index (χ1v) is 11.1. The van der Waals surface area contributed by atoms with Crippen molar-refractivity contribution in [1.82, 2.24) is 10.3 Å². The van der Waals surface area contributed by atoms with Crippen LogP contribution in [0.1, 0.15) is 52.4 Å². The third-order valence-electron chi connectivity index (χ3n) is 5.44. The second-order valence-electron chi connectivity index (χ2n) is 7.82. The molecule has 1 aliphatic carbocycles. The number of amides is 2. The van der Waals surface area contributed by atoms with Crippen LogP contribution < -0.4 is 10.2 Å². The highest BCUT2D eigenvalue weighted by Gasteiger charge is 2.22. The van der Waals surface area contributed by atoms with Gasteiger partial charge in [0.15, 0.2) is 6.61 Å². The SMILES string of the molecule is CCC1CCc2sc(C(=O)N/N=C(\C)c3ccc(OCC(=O)N(C)C)cc3)cc2C1. The number of nitrogens with zero attached hydrogens (tertiary/aromatic N) is 2. The first-order chi connectivity index (χ1) is 14.4. The molecule has 1 unspecified atom stereocenters. The van der Waals surface area contributed by atoms with Crippen LogP contribution in [0.5, 0.6) is 5.75 Å². The lowest BCUT2D eigenvalue weighted by Gasteiger charge is -2.19. The fourth-order valence-corrected chi connectivity index (χ4v) is 4.48. The van der Waals surface area contributed by atoms with E-state index in [4.69, 9.17) is 4.74 Å². The van der Waals surface area contributed by atoms with Gasteiger partial charge in [0.05, 0.1) is 10.6 Å². The minimum absolute atomic E-state index is 0.000726. The van der Waals surface area contributed by atoms with Crippen LogP contribution in [0.4, 0.5) is 0 Å². The van der Waals surface area contributed by atoms with Gasteiger partial charge in [0.1, 0.15) is 5.75 Å². The maximum atomic E-state index is 12.5. The molecule has 0 saturated heterocycles. The average molecular weight is 428 g/mol. The van der Waals surface area contributed by atoms with Crippen molar-refractivity contribution in [2.24, 2.45) is 11.0 Å². The predicted molar refractivity (Wildman–Crippen MR) is 120 cm³/mol. The molecule has 7 heteroatoms. The second-order valence-corrected chi connectivity index (χ2v) is 8.95. The Bertz CT molecular complexity index is 932. The molecule has 0 bridgehead atoms. The van der Waals surface area contributed by atoms with Gasteiger partial charge in [-0.15, -0.1) is 11.3 Å². The van der Waals surface area contributed by atoms with Crippen LogP contribution in [0.2, 0.25) is 0 Å². The number of aryl methyl sites for hydroxylation is 1. The molecule has 6 nitrogen and oxygen atoms in total. The van der Waals surface area contributed by atoms with E-state index in [1.807, 2.05) is 25.1 Å². The zero-order valence-electron chi connectivity index (χ0n) is 18.0. The van der Waals surface area contributed by atoms with Gasteiger partial charge in [-0.25, -0.2) is 5.43 Å². The highest BCUT2D eigenvalue weighted by Crippen LogP contribution is 2.33. The molecule has 1 heterocycles. The van der Waals surface area contributed by atoms with Crippen molar-refractivity contribution in [2.45, 2.75) is 39.5 Å². The number of fused-ring (bicyclic) bond motifs is 1. The molecule has 1 aromatic heterocycles. The van der Waals surface area contributed by atoms with Crippen LogP contribution in [0.25, 0.3) is 0 Å².